The van der Waals surface area contributed by atoms with Crippen LogP contribution in [0.1, 0.15) is 70.4 Å². The highest BCUT2D eigenvalue weighted by molar-refractivity contribution is 5.34. The number of fused-ring (bicyclic) bond motifs is 3. The van der Waals surface area contributed by atoms with Gasteiger partial charge in [0.1, 0.15) is 0 Å². The van der Waals surface area contributed by atoms with Gasteiger partial charge in [-0.2, -0.15) is 0 Å². The van der Waals surface area contributed by atoms with Crippen molar-refractivity contribution in [1.82, 2.24) is 0 Å². The van der Waals surface area contributed by atoms with Gasteiger partial charge in [0.25, 0.3) is 0 Å². The lowest BCUT2D eigenvalue weighted by Crippen LogP contribution is -2.53. The first kappa shape index (κ1) is 13.2. The molecule has 0 aromatic heterocycles. The Balaban J connectivity index is 1.87. The van der Waals surface area contributed by atoms with Crippen LogP contribution in [0.3, 0.4) is 0 Å². The molecule has 1 aromatic rings. The second-order valence-electron chi connectivity index (χ2n) is 7.97. The van der Waals surface area contributed by atoms with Crippen molar-refractivity contribution in [1.29, 1.82) is 0 Å². The minimum absolute atomic E-state index is 0.174. The molecule has 0 unspecified atom stereocenters. The number of nitrogens with two attached hydrogens (primary N) is 1. The molecule has 0 saturated heterocycles. The maximum Gasteiger partial charge on any atom is 0.0155 e. The highest BCUT2D eigenvalue weighted by Crippen LogP contribution is 2.52. The van der Waals surface area contributed by atoms with Gasteiger partial charge in [-0.15, -0.1) is 0 Å². The summed E-state index contributed by atoms with van der Waals surface area (Å²) in [5.74, 6) is 0. The van der Waals surface area contributed by atoms with Gasteiger partial charge in [-0.1, -0.05) is 45.0 Å². The summed E-state index contributed by atoms with van der Waals surface area (Å²) in [4.78, 5) is 0. The molecule has 104 valence electrons. The normalized spacial score (nSPS) is 34.5. The smallest absolute Gasteiger partial charge is 0.0155 e. The molecule has 0 spiro atoms. The highest BCUT2D eigenvalue weighted by Gasteiger charge is 2.47. The second kappa shape index (κ2) is 4.09. The average Bonchev–Trinajstić information content (AvgIpc) is 2.39. The predicted molar refractivity (Wildman–Crippen MR) is 81.4 cm³/mol. The molecule has 1 nitrogen and oxygen atoms in total. The van der Waals surface area contributed by atoms with Crippen LogP contribution in [0.25, 0.3) is 0 Å². The molecule has 19 heavy (non-hydrogen) atoms. The molecule has 1 aromatic carbocycles. The zero-order valence-electron chi connectivity index (χ0n) is 12.6. The van der Waals surface area contributed by atoms with Crippen molar-refractivity contribution in [3.05, 3.63) is 35.4 Å². The number of hydrogen-bond donors (Lipinski definition) is 1. The van der Waals surface area contributed by atoms with Gasteiger partial charge in [-0.3, -0.25) is 0 Å². The fourth-order valence-corrected chi connectivity index (χ4v) is 3.97. The summed E-state index contributed by atoms with van der Waals surface area (Å²) in [6, 6.07) is 9.44. The molecule has 4 rings (SSSR count). The van der Waals surface area contributed by atoms with Crippen LogP contribution in [-0.2, 0) is 10.8 Å². The number of hydrogen-bond acceptors (Lipinski definition) is 1. The summed E-state index contributed by atoms with van der Waals surface area (Å²) >= 11 is 0. The predicted octanol–water partition coefficient (Wildman–Crippen LogP) is 4.29. The van der Waals surface area contributed by atoms with Gasteiger partial charge in [-0.25, -0.2) is 0 Å². The third kappa shape index (κ3) is 2.23. The third-order valence-corrected chi connectivity index (χ3v) is 5.67. The van der Waals surface area contributed by atoms with Gasteiger partial charge in [0.05, 0.1) is 0 Å². The van der Waals surface area contributed by atoms with Gasteiger partial charge >= 0.3 is 0 Å². The van der Waals surface area contributed by atoms with Crippen LogP contribution >= 0.6 is 0 Å². The molecular formula is C18H27N. The second-order valence-corrected chi connectivity index (χ2v) is 7.97. The molecule has 2 N–H and O–H groups in total. The van der Waals surface area contributed by atoms with E-state index in [1.165, 1.54) is 44.1 Å². The van der Waals surface area contributed by atoms with E-state index in [0.29, 0.717) is 5.41 Å². The molecule has 0 heterocycles. The molecule has 3 saturated carbocycles. The molecule has 0 aliphatic heterocycles. The van der Waals surface area contributed by atoms with Crippen LogP contribution in [0.2, 0.25) is 0 Å². The Labute approximate surface area is 117 Å². The lowest BCUT2D eigenvalue weighted by Gasteiger charge is -2.52. The van der Waals surface area contributed by atoms with Gasteiger partial charge < -0.3 is 5.73 Å². The van der Waals surface area contributed by atoms with Crippen molar-refractivity contribution in [3.63, 3.8) is 0 Å². The Morgan fingerprint density at radius 3 is 1.74 bits per heavy atom. The molecule has 3 aliphatic carbocycles. The summed E-state index contributed by atoms with van der Waals surface area (Å²) < 4.78 is 0. The lowest BCUT2D eigenvalue weighted by atomic mass is 9.55. The van der Waals surface area contributed by atoms with E-state index in [2.05, 4.69) is 45.0 Å². The van der Waals surface area contributed by atoms with E-state index in [-0.39, 0.29) is 11.0 Å². The van der Waals surface area contributed by atoms with Gasteiger partial charge in [0.2, 0.25) is 0 Å². The summed E-state index contributed by atoms with van der Waals surface area (Å²) in [5, 5.41) is 0. The van der Waals surface area contributed by atoms with Crippen LogP contribution in [-0.4, -0.2) is 5.54 Å². The van der Waals surface area contributed by atoms with Gasteiger partial charge in [0, 0.05) is 5.54 Å². The van der Waals surface area contributed by atoms with Crippen molar-refractivity contribution >= 4 is 0 Å². The third-order valence-electron chi connectivity index (χ3n) is 5.67. The van der Waals surface area contributed by atoms with Crippen molar-refractivity contribution in [2.24, 2.45) is 5.73 Å². The Bertz CT molecular complexity index is 439. The quantitative estimate of drug-likeness (QED) is 0.798. The van der Waals surface area contributed by atoms with Crippen LogP contribution in [0.4, 0.5) is 0 Å². The summed E-state index contributed by atoms with van der Waals surface area (Å²) in [6.07, 6.45) is 7.52. The molecule has 0 atom stereocenters. The fourth-order valence-electron chi connectivity index (χ4n) is 3.97. The van der Waals surface area contributed by atoms with Crippen molar-refractivity contribution < 1.29 is 0 Å². The fraction of sp³-hybridized carbons (Fsp3) is 0.667. The lowest BCUT2D eigenvalue weighted by molar-refractivity contribution is 0.107. The highest BCUT2D eigenvalue weighted by atomic mass is 14.8. The molecule has 3 fully saturated rings. The van der Waals surface area contributed by atoms with Crippen LogP contribution in [0.5, 0.6) is 0 Å². The van der Waals surface area contributed by atoms with Crippen molar-refractivity contribution in [2.75, 3.05) is 0 Å². The van der Waals surface area contributed by atoms with Crippen molar-refractivity contribution in [3.8, 4) is 0 Å². The number of rotatable bonds is 1. The largest absolute Gasteiger partial charge is 0.325 e. The SMILES string of the molecule is CC(C)(C)c1ccc(C23CCC(N)(CC2)CC3)cc1. The van der Waals surface area contributed by atoms with Crippen LogP contribution in [0.15, 0.2) is 24.3 Å². The van der Waals surface area contributed by atoms with E-state index < -0.39 is 0 Å². The minimum atomic E-state index is 0.174. The summed E-state index contributed by atoms with van der Waals surface area (Å²) in [5.41, 5.74) is 10.3. The van der Waals surface area contributed by atoms with E-state index in [4.69, 9.17) is 5.73 Å². The Morgan fingerprint density at radius 1 is 0.842 bits per heavy atom. The monoisotopic (exact) mass is 257 g/mol. The average molecular weight is 257 g/mol. The summed E-state index contributed by atoms with van der Waals surface area (Å²) in [7, 11) is 0. The van der Waals surface area contributed by atoms with E-state index in [1.54, 1.807) is 5.56 Å². The molecule has 2 bridgehead atoms. The van der Waals surface area contributed by atoms with Gasteiger partial charge in [0.15, 0.2) is 0 Å². The van der Waals surface area contributed by atoms with E-state index in [0.717, 1.165) is 0 Å². The Kier molecular flexibility index (Phi) is 2.83. The minimum Gasteiger partial charge on any atom is -0.325 e. The van der Waals surface area contributed by atoms with E-state index in [9.17, 15) is 0 Å². The Morgan fingerprint density at radius 2 is 1.32 bits per heavy atom. The van der Waals surface area contributed by atoms with E-state index in [1.807, 2.05) is 0 Å². The zero-order chi connectivity index (χ0) is 13.7. The first-order chi connectivity index (χ1) is 8.83. The maximum absolute atomic E-state index is 6.41. The first-order valence-electron chi connectivity index (χ1n) is 7.73. The molecule has 3 aliphatic rings. The number of benzene rings is 1. The maximum atomic E-state index is 6.41. The molecular weight excluding hydrogens is 230 g/mol. The molecule has 0 radical (unpaired) electrons. The first-order valence-corrected chi connectivity index (χ1v) is 7.73. The Hall–Kier alpha value is -0.820. The molecule has 0 amide bonds. The topological polar surface area (TPSA) is 26.0 Å². The van der Waals surface area contributed by atoms with Crippen LogP contribution < -0.4 is 5.73 Å². The molecule has 1 heteroatoms. The summed E-state index contributed by atoms with van der Waals surface area (Å²) in [6.45, 7) is 6.85. The van der Waals surface area contributed by atoms with Gasteiger partial charge in [-0.05, 0) is 60.5 Å². The standard InChI is InChI=1S/C18H27N/c1-16(2,3)14-4-6-15(7-5-14)17-8-11-18(19,12-9-17)13-10-17/h4-7H,8-13,19H2,1-3H3. The van der Waals surface area contributed by atoms with E-state index >= 15 is 0 Å². The van der Waals surface area contributed by atoms with Crippen LogP contribution in [0, 0.1) is 0 Å². The van der Waals surface area contributed by atoms with Crippen molar-refractivity contribution in [2.45, 2.75) is 75.7 Å². The zero-order valence-corrected chi connectivity index (χ0v) is 12.6.